The quantitative estimate of drug-likeness (QED) is 0.586. The number of aliphatic carboxylic acids is 1. The fraction of sp³-hybridized carbons (Fsp3) is 0.727. The molecule has 7 nitrogen and oxygen atoms in total. The van der Waals surface area contributed by atoms with Crippen LogP contribution in [0.3, 0.4) is 0 Å². The van der Waals surface area contributed by atoms with Gasteiger partial charge in [0, 0.05) is 6.54 Å². The summed E-state index contributed by atoms with van der Waals surface area (Å²) >= 11 is 0. The van der Waals surface area contributed by atoms with Gasteiger partial charge in [0.05, 0.1) is 12.0 Å². The van der Waals surface area contributed by atoms with Crippen molar-refractivity contribution < 1.29 is 24.2 Å². The number of carboxylic acids is 1. The average Bonchev–Trinajstić information content (AvgIpc) is 2.24. The largest absolute Gasteiger partial charge is 0.481 e. The van der Waals surface area contributed by atoms with Crippen molar-refractivity contribution in [2.24, 2.45) is 5.41 Å². The van der Waals surface area contributed by atoms with E-state index in [9.17, 15) is 14.4 Å². The number of carboxylic acid groups (broad SMARTS) is 1. The molecule has 0 spiro atoms. The van der Waals surface area contributed by atoms with Gasteiger partial charge in [-0.1, -0.05) is 6.42 Å². The van der Waals surface area contributed by atoms with E-state index in [1.165, 1.54) is 0 Å². The maximum Gasteiger partial charge on any atom is 0.325 e. The summed E-state index contributed by atoms with van der Waals surface area (Å²) in [5.41, 5.74) is -0.832. The monoisotopic (exact) mass is 258 g/mol. The molecule has 1 saturated carbocycles. The van der Waals surface area contributed by atoms with Crippen LogP contribution in [0.5, 0.6) is 0 Å². The van der Waals surface area contributed by atoms with Crippen LogP contribution in [0.15, 0.2) is 0 Å². The van der Waals surface area contributed by atoms with Crippen LogP contribution in [0, 0.1) is 5.41 Å². The lowest BCUT2D eigenvalue weighted by Crippen LogP contribution is -2.50. The van der Waals surface area contributed by atoms with Crippen molar-refractivity contribution in [2.75, 3.05) is 19.7 Å². The van der Waals surface area contributed by atoms with Gasteiger partial charge in [-0.2, -0.15) is 0 Å². The van der Waals surface area contributed by atoms with Crippen LogP contribution in [0.2, 0.25) is 0 Å². The molecule has 0 saturated heterocycles. The SMILES string of the molecule is CCOC(=O)CNC(=O)NCC1(C(=O)O)CCC1. The first kappa shape index (κ1) is 14.3. The van der Waals surface area contributed by atoms with Gasteiger partial charge in [-0.15, -0.1) is 0 Å². The summed E-state index contributed by atoms with van der Waals surface area (Å²) in [5, 5.41) is 13.8. The topological polar surface area (TPSA) is 105 Å². The van der Waals surface area contributed by atoms with Crippen molar-refractivity contribution in [1.29, 1.82) is 0 Å². The molecule has 0 atom stereocenters. The fourth-order valence-corrected chi connectivity index (χ4v) is 1.75. The summed E-state index contributed by atoms with van der Waals surface area (Å²) in [4.78, 5) is 33.3. The first-order chi connectivity index (χ1) is 8.50. The normalized spacial score (nSPS) is 16.3. The van der Waals surface area contributed by atoms with Gasteiger partial charge in [-0.05, 0) is 19.8 Å². The summed E-state index contributed by atoms with van der Waals surface area (Å²) in [5.74, 6) is -1.41. The van der Waals surface area contributed by atoms with Gasteiger partial charge in [-0.3, -0.25) is 9.59 Å². The molecule has 1 rings (SSSR count). The van der Waals surface area contributed by atoms with Crippen LogP contribution in [0.25, 0.3) is 0 Å². The molecule has 0 aliphatic heterocycles. The lowest BCUT2D eigenvalue weighted by atomic mass is 9.69. The molecule has 18 heavy (non-hydrogen) atoms. The molecule has 102 valence electrons. The highest BCUT2D eigenvalue weighted by atomic mass is 16.5. The zero-order valence-electron chi connectivity index (χ0n) is 10.3. The Bertz CT molecular complexity index is 338. The Morgan fingerprint density at radius 2 is 1.94 bits per heavy atom. The second-order valence-corrected chi connectivity index (χ2v) is 4.28. The minimum Gasteiger partial charge on any atom is -0.481 e. The molecule has 2 amide bonds. The van der Waals surface area contributed by atoms with E-state index in [0.717, 1.165) is 6.42 Å². The van der Waals surface area contributed by atoms with Crippen molar-refractivity contribution in [2.45, 2.75) is 26.2 Å². The first-order valence-electron chi connectivity index (χ1n) is 5.91. The molecule has 1 fully saturated rings. The molecule has 0 aromatic rings. The van der Waals surface area contributed by atoms with Crippen molar-refractivity contribution in [3.63, 3.8) is 0 Å². The number of urea groups is 1. The number of amides is 2. The molecule has 0 radical (unpaired) electrons. The van der Waals surface area contributed by atoms with Crippen LogP contribution in [-0.4, -0.2) is 42.8 Å². The van der Waals surface area contributed by atoms with Crippen LogP contribution >= 0.6 is 0 Å². The maximum absolute atomic E-state index is 11.3. The third-order valence-electron chi connectivity index (χ3n) is 3.05. The minimum absolute atomic E-state index is 0.0803. The highest BCUT2D eigenvalue weighted by Gasteiger charge is 2.44. The van der Waals surface area contributed by atoms with Crippen LogP contribution in [0.4, 0.5) is 4.79 Å². The third kappa shape index (κ3) is 3.61. The van der Waals surface area contributed by atoms with E-state index < -0.39 is 23.4 Å². The summed E-state index contributed by atoms with van der Waals surface area (Å²) in [6.45, 7) is 1.78. The number of nitrogens with one attached hydrogen (secondary N) is 2. The molecule has 7 heteroatoms. The van der Waals surface area contributed by atoms with E-state index in [1.54, 1.807) is 6.92 Å². The summed E-state index contributed by atoms with van der Waals surface area (Å²) in [6.07, 6.45) is 2.00. The van der Waals surface area contributed by atoms with Crippen LogP contribution < -0.4 is 10.6 Å². The summed E-state index contributed by atoms with van der Waals surface area (Å²) in [6, 6.07) is -0.560. The second kappa shape index (κ2) is 6.23. The van der Waals surface area contributed by atoms with Gasteiger partial charge in [0.2, 0.25) is 0 Å². The molecule has 1 aliphatic carbocycles. The van der Waals surface area contributed by atoms with Gasteiger partial charge in [0.1, 0.15) is 6.54 Å². The second-order valence-electron chi connectivity index (χ2n) is 4.28. The van der Waals surface area contributed by atoms with Crippen molar-refractivity contribution in [1.82, 2.24) is 10.6 Å². The van der Waals surface area contributed by atoms with Crippen LogP contribution in [-0.2, 0) is 14.3 Å². The predicted octanol–water partition coefficient (Wildman–Crippen LogP) is 0.104. The van der Waals surface area contributed by atoms with E-state index >= 15 is 0 Å². The van der Waals surface area contributed by atoms with Crippen molar-refractivity contribution in [3.05, 3.63) is 0 Å². The number of carbonyl (C=O) groups is 3. The third-order valence-corrected chi connectivity index (χ3v) is 3.05. The highest BCUT2D eigenvalue weighted by molar-refractivity contribution is 5.82. The molecular formula is C11H18N2O5. The molecule has 0 heterocycles. The van der Waals surface area contributed by atoms with E-state index in [4.69, 9.17) is 5.11 Å². The molecular weight excluding hydrogens is 240 g/mol. The Kier molecular flexibility index (Phi) is 4.94. The van der Waals surface area contributed by atoms with Gasteiger partial charge >= 0.3 is 18.0 Å². The molecule has 0 bridgehead atoms. The Labute approximate surface area is 105 Å². The summed E-state index contributed by atoms with van der Waals surface area (Å²) < 4.78 is 4.63. The molecule has 0 aromatic heterocycles. The van der Waals surface area contributed by atoms with Gasteiger partial charge in [-0.25, -0.2) is 4.79 Å². The zero-order chi connectivity index (χ0) is 13.6. The number of ether oxygens (including phenoxy) is 1. The van der Waals surface area contributed by atoms with E-state index in [2.05, 4.69) is 15.4 Å². The van der Waals surface area contributed by atoms with Crippen molar-refractivity contribution in [3.8, 4) is 0 Å². The van der Waals surface area contributed by atoms with E-state index in [-0.39, 0.29) is 19.7 Å². The summed E-state index contributed by atoms with van der Waals surface area (Å²) in [7, 11) is 0. The standard InChI is InChI=1S/C11H18N2O5/c1-2-18-8(14)6-12-10(17)13-7-11(9(15)16)4-3-5-11/h2-7H2,1H3,(H,15,16)(H2,12,13,17). The Balaban J connectivity index is 2.24. The lowest BCUT2D eigenvalue weighted by molar-refractivity contribution is -0.153. The maximum atomic E-state index is 11.3. The van der Waals surface area contributed by atoms with Crippen LogP contribution in [0.1, 0.15) is 26.2 Å². The Morgan fingerprint density at radius 3 is 2.39 bits per heavy atom. The Morgan fingerprint density at radius 1 is 1.28 bits per heavy atom. The number of hydrogen-bond donors (Lipinski definition) is 3. The smallest absolute Gasteiger partial charge is 0.325 e. The highest BCUT2D eigenvalue weighted by Crippen LogP contribution is 2.40. The fourth-order valence-electron chi connectivity index (χ4n) is 1.75. The van der Waals surface area contributed by atoms with Gasteiger partial charge in [0.15, 0.2) is 0 Å². The predicted molar refractivity (Wildman–Crippen MR) is 62.0 cm³/mol. The number of hydrogen-bond acceptors (Lipinski definition) is 4. The Hall–Kier alpha value is -1.79. The van der Waals surface area contributed by atoms with E-state index in [1.807, 2.05) is 0 Å². The number of carbonyl (C=O) groups excluding carboxylic acids is 2. The number of rotatable bonds is 6. The molecule has 1 aliphatic rings. The molecule has 3 N–H and O–H groups in total. The van der Waals surface area contributed by atoms with Gasteiger partial charge < -0.3 is 20.5 Å². The minimum atomic E-state index is -0.889. The first-order valence-corrected chi connectivity index (χ1v) is 5.91. The van der Waals surface area contributed by atoms with Gasteiger partial charge in [0.25, 0.3) is 0 Å². The molecule has 0 unspecified atom stereocenters. The lowest BCUT2D eigenvalue weighted by Gasteiger charge is -2.37. The molecule has 0 aromatic carbocycles. The number of esters is 1. The zero-order valence-corrected chi connectivity index (χ0v) is 10.3. The average molecular weight is 258 g/mol. The van der Waals surface area contributed by atoms with Crippen molar-refractivity contribution >= 4 is 18.0 Å². The van der Waals surface area contributed by atoms with E-state index in [0.29, 0.717) is 12.8 Å².